The Labute approximate surface area is 179 Å². The molecule has 0 aromatic heterocycles. The molecule has 0 spiro atoms. The summed E-state index contributed by atoms with van der Waals surface area (Å²) >= 11 is 0. The summed E-state index contributed by atoms with van der Waals surface area (Å²) in [6.07, 6.45) is 2.82. The number of hydrogen-bond donors (Lipinski definition) is 1. The third-order valence-electron chi connectivity index (χ3n) is 5.67. The van der Waals surface area contributed by atoms with Gasteiger partial charge >= 0.3 is 0 Å². The van der Waals surface area contributed by atoms with Crippen molar-refractivity contribution in [1.29, 1.82) is 0 Å². The first-order valence-corrected chi connectivity index (χ1v) is 11.8. The maximum Gasteiger partial charge on any atom is 0.251 e. The number of hydrogen-bond acceptors (Lipinski definition) is 4. The zero-order valence-corrected chi connectivity index (χ0v) is 18.8. The van der Waals surface area contributed by atoms with Crippen molar-refractivity contribution < 1.29 is 13.2 Å². The van der Waals surface area contributed by atoms with E-state index in [1.54, 1.807) is 12.1 Å². The van der Waals surface area contributed by atoms with Gasteiger partial charge in [-0.15, -0.1) is 0 Å². The minimum absolute atomic E-state index is 0.0238. The van der Waals surface area contributed by atoms with Crippen LogP contribution in [0.15, 0.2) is 53.4 Å². The first-order valence-electron chi connectivity index (χ1n) is 10.4. The third-order valence-corrected chi connectivity index (χ3v) is 7.56. The molecule has 2 aromatic rings. The fraction of sp³-hybridized carbons (Fsp3) is 0.435. The topological polar surface area (TPSA) is 69.7 Å². The molecule has 7 heteroatoms. The molecule has 1 amide bonds. The van der Waals surface area contributed by atoms with E-state index in [0.717, 1.165) is 30.4 Å². The second-order valence-electron chi connectivity index (χ2n) is 8.04. The van der Waals surface area contributed by atoms with Crippen LogP contribution in [0.3, 0.4) is 0 Å². The molecule has 30 heavy (non-hydrogen) atoms. The lowest BCUT2D eigenvalue weighted by molar-refractivity contribution is 0.0941. The molecule has 3 rings (SSSR count). The second-order valence-corrected chi connectivity index (χ2v) is 9.98. The normalized spacial score (nSPS) is 16.4. The standard InChI is InChI=1S/C23H31N3O3S/c1-18-12-13-20(30(28,29)26-14-8-5-9-15-26)16-21(18)23(27)24-17-22(25(2)3)19-10-6-4-7-11-19/h4,6-7,10-13,16,22H,5,8-9,14-15,17H2,1-3H3,(H,24,27). The predicted octanol–water partition coefficient (Wildman–Crippen LogP) is 3.20. The number of rotatable bonds is 7. The maximum absolute atomic E-state index is 13.0. The van der Waals surface area contributed by atoms with E-state index in [1.165, 1.54) is 10.4 Å². The van der Waals surface area contributed by atoms with Crippen molar-refractivity contribution in [3.63, 3.8) is 0 Å². The number of piperidine rings is 1. The quantitative estimate of drug-likeness (QED) is 0.734. The number of benzene rings is 2. The van der Waals surface area contributed by atoms with Crippen LogP contribution in [-0.4, -0.2) is 57.3 Å². The summed E-state index contributed by atoms with van der Waals surface area (Å²) in [4.78, 5) is 15.2. The molecule has 1 atom stereocenters. The molecule has 0 aliphatic carbocycles. The van der Waals surface area contributed by atoms with E-state index in [9.17, 15) is 13.2 Å². The summed E-state index contributed by atoms with van der Waals surface area (Å²) in [7, 11) is 0.369. The third kappa shape index (κ3) is 5.09. The summed E-state index contributed by atoms with van der Waals surface area (Å²) < 4.78 is 27.5. The highest BCUT2D eigenvalue weighted by atomic mass is 32.2. The summed E-state index contributed by atoms with van der Waals surface area (Å²) in [5.41, 5.74) is 2.27. The summed E-state index contributed by atoms with van der Waals surface area (Å²) in [6, 6.07) is 14.8. The Balaban J connectivity index is 1.78. The van der Waals surface area contributed by atoms with Gasteiger partial charge in [0.15, 0.2) is 0 Å². The van der Waals surface area contributed by atoms with Gasteiger partial charge in [-0.05, 0) is 57.1 Å². The first-order chi connectivity index (χ1) is 14.3. The van der Waals surface area contributed by atoms with Crippen molar-refractivity contribution in [2.45, 2.75) is 37.1 Å². The zero-order chi connectivity index (χ0) is 21.7. The van der Waals surface area contributed by atoms with Crippen LogP contribution in [0.5, 0.6) is 0 Å². The second kappa shape index (κ2) is 9.73. The minimum atomic E-state index is -3.58. The van der Waals surface area contributed by atoms with Crippen molar-refractivity contribution in [3.8, 4) is 0 Å². The van der Waals surface area contributed by atoms with Gasteiger partial charge < -0.3 is 10.2 Å². The molecule has 1 saturated heterocycles. The van der Waals surface area contributed by atoms with E-state index in [4.69, 9.17) is 0 Å². The van der Waals surface area contributed by atoms with Gasteiger partial charge in [-0.2, -0.15) is 4.31 Å². The van der Waals surface area contributed by atoms with Gasteiger partial charge in [0.2, 0.25) is 10.0 Å². The number of carbonyl (C=O) groups is 1. The van der Waals surface area contributed by atoms with Crippen LogP contribution >= 0.6 is 0 Å². The van der Waals surface area contributed by atoms with Crippen molar-refractivity contribution in [2.24, 2.45) is 0 Å². The number of amides is 1. The van der Waals surface area contributed by atoms with Gasteiger partial charge in [0, 0.05) is 25.2 Å². The molecule has 162 valence electrons. The summed E-state index contributed by atoms with van der Waals surface area (Å²) in [5, 5.41) is 2.99. The average Bonchev–Trinajstić information content (AvgIpc) is 2.75. The number of aryl methyl sites for hydroxylation is 1. The molecule has 1 aliphatic heterocycles. The largest absolute Gasteiger partial charge is 0.350 e. The fourth-order valence-corrected chi connectivity index (χ4v) is 5.36. The van der Waals surface area contributed by atoms with Crippen LogP contribution in [0.2, 0.25) is 0 Å². The molecule has 1 heterocycles. The number of sulfonamides is 1. The summed E-state index contributed by atoms with van der Waals surface area (Å²) in [6.45, 7) is 3.34. The minimum Gasteiger partial charge on any atom is -0.350 e. The van der Waals surface area contributed by atoms with Crippen LogP contribution in [-0.2, 0) is 10.0 Å². The van der Waals surface area contributed by atoms with Crippen LogP contribution < -0.4 is 5.32 Å². The molecule has 0 saturated carbocycles. The Bertz CT molecular complexity index is 968. The van der Waals surface area contributed by atoms with Gasteiger partial charge in [-0.25, -0.2) is 8.42 Å². The van der Waals surface area contributed by atoms with Crippen LogP contribution in [0.25, 0.3) is 0 Å². The molecule has 0 bridgehead atoms. The van der Waals surface area contributed by atoms with Gasteiger partial charge in [0.05, 0.1) is 10.9 Å². The number of likely N-dealkylation sites (N-methyl/N-ethyl adjacent to an activating group) is 1. The molecule has 0 radical (unpaired) electrons. The van der Waals surface area contributed by atoms with Gasteiger partial charge in [0.1, 0.15) is 0 Å². The van der Waals surface area contributed by atoms with E-state index in [-0.39, 0.29) is 16.8 Å². The Morgan fingerprint density at radius 1 is 1.07 bits per heavy atom. The molecule has 1 unspecified atom stereocenters. The Hall–Kier alpha value is -2.22. The Morgan fingerprint density at radius 2 is 1.73 bits per heavy atom. The van der Waals surface area contributed by atoms with E-state index < -0.39 is 10.0 Å². The highest BCUT2D eigenvalue weighted by Gasteiger charge is 2.27. The molecule has 1 fully saturated rings. The van der Waals surface area contributed by atoms with Gasteiger partial charge in [0.25, 0.3) is 5.91 Å². The van der Waals surface area contributed by atoms with E-state index in [1.807, 2.05) is 51.4 Å². The Kier molecular flexibility index (Phi) is 7.28. The van der Waals surface area contributed by atoms with Crippen LogP contribution in [0.4, 0.5) is 0 Å². The highest BCUT2D eigenvalue weighted by Crippen LogP contribution is 2.23. The van der Waals surface area contributed by atoms with Crippen LogP contribution in [0, 0.1) is 6.92 Å². The van der Waals surface area contributed by atoms with E-state index in [0.29, 0.717) is 25.2 Å². The molecule has 1 N–H and O–H groups in total. The molecule has 6 nitrogen and oxygen atoms in total. The number of nitrogens with zero attached hydrogens (tertiary/aromatic N) is 2. The summed E-state index contributed by atoms with van der Waals surface area (Å²) in [5.74, 6) is -0.258. The molecule has 1 aliphatic rings. The molecular formula is C23H31N3O3S. The molecule has 2 aromatic carbocycles. The van der Waals surface area contributed by atoms with Crippen LogP contribution in [0.1, 0.15) is 46.8 Å². The highest BCUT2D eigenvalue weighted by molar-refractivity contribution is 7.89. The average molecular weight is 430 g/mol. The maximum atomic E-state index is 13.0. The molecular weight excluding hydrogens is 398 g/mol. The smallest absolute Gasteiger partial charge is 0.251 e. The van der Waals surface area contributed by atoms with Crippen molar-refractivity contribution in [1.82, 2.24) is 14.5 Å². The first kappa shape index (κ1) is 22.5. The van der Waals surface area contributed by atoms with Gasteiger partial charge in [-0.3, -0.25) is 4.79 Å². The van der Waals surface area contributed by atoms with Crippen molar-refractivity contribution >= 4 is 15.9 Å². The Morgan fingerprint density at radius 3 is 2.37 bits per heavy atom. The number of nitrogens with one attached hydrogen (secondary N) is 1. The fourth-order valence-electron chi connectivity index (χ4n) is 3.82. The van der Waals surface area contributed by atoms with Crippen molar-refractivity contribution in [2.75, 3.05) is 33.7 Å². The van der Waals surface area contributed by atoms with E-state index >= 15 is 0 Å². The van der Waals surface area contributed by atoms with E-state index in [2.05, 4.69) is 10.2 Å². The lowest BCUT2D eigenvalue weighted by Crippen LogP contribution is -2.36. The lowest BCUT2D eigenvalue weighted by Gasteiger charge is -2.26. The lowest BCUT2D eigenvalue weighted by atomic mass is 10.1. The predicted molar refractivity (Wildman–Crippen MR) is 119 cm³/mol. The number of carbonyl (C=O) groups excluding carboxylic acids is 1. The monoisotopic (exact) mass is 429 g/mol. The zero-order valence-electron chi connectivity index (χ0n) is 18.0. The van der Waals surface area contributed by atoms with Crippen molar-refractivity contribution in [3.05, 3.63) is 65.2 Å². The van der Waals surface area contributed by atoms with Gasteiger partial charge in [-0.1, -0.05) is 42.8 Å². The SMILES string of the molecule is Cc1ccc(S(=O)(=O)N2CCCCC2)cc1C(=O)NCC(c1ccccc1)N(C)C.